The Morgan fingerprint density at radius 3 is 2.60 bits per heavy atom. The van der Waals surface area contributed by atoms with Crippen LogP contribution in [0.15, 0.2) is 0 Å². The molecule has 0 N–H and O–H groups in total. The van der Waals surface area contributed by atoms with E-state index in [-0.39, 0.29) is 5.78 Å². The molecule has 0 aliphatic rings. The molecule has 0 atom stereocenters. The maximum Gasteiger partial charge on any atom is 0.171 e. The van der Waals surface area contributed by atoms with Gasteiger partial charge in [-0.2, -0.15) is 11.8 Å². The van der Waals surface area contributed by atoms with E-state index in [4.69, 9.17) is 0 Å². The third-order valence-corrected chi connectivity index (χ3v) is 4.42. The van der Waals surface area contributed by atoms with Crippen LogP contribution < -0.4 is 0 Å². The number of carbonyl (C=O) groups excluding carboxylic acids is 1. The highest BCUT2D eigenvalue weighted by atomic mass is 32.2. The maximum atomic E-state index is 11.3. The lowest BCUT2D eigenvalue weighted by molar-refractivity contribution is 0.102. The fourth-order valence-electron chi connectivity index (χ4n) is 1.22. The highest BCUT2D eigenvalue weighted by molar-refractivity contribution is 7.99. The van der Waals surface area contributed by atoms with Crippen LogP contribution >= 0.6 is 23.1 Å². The SMILES string of the molecule is CCc1nc(CSC(C)C)sc1C(C)=O. The molecule has 0 aromatic carbocycles. The van der Waals surface area contributed by atoms with Crippen molar-refractivity contribution in [3.05, 3.63) is 15.6 Å². The zero-order chi connectivity index (χ0) is 11.4. The summed E-state index contributed by atoms with van der Waals surface area (Å²) in [6.07, 6.45) is 0.845. The van der Waals surface area contributed by atoms with Gasteiger partial charge in [0.2, 0.25) is 0 Å². The number of carbonyl (C=O) groups is 1. The minimum atomic E-state index is 0.144. The lowest BCUT2D eigenvalue weighted by Crippen LogP contribution is -1.93. The topological polar surface area (TPSA) is 30.0 Å². The lowest BCUT2D eigenvalue weighted by Gasteiger charge is -2.00. The molecule has 0 saturated carbocycles. The second kappa shape index (κ2) is 5.66. The fourth-order valence-corrected chi connectivity index (χ4v) is 3.04. The van der Waals surface area contributed by atoms with E-state index in [1.165, 1.54) is 0 Å². The van der Waals surface area contributed by atoms with Crippen molar-refractivity contribution in [2.24, 2.45) is 0 Å². The first-order valence-corrected chi connectivity index (χ1v) is 7.02. The minimum absolute atomic E-state index is 0.144. The third-order valence-electron chi connectivity index (χ3n) is 1.94. The summed E-state index contributed by atoms with van der Waals surface area (Å²) < 4.78 is 0. The average molecular weight is 243 g/mol. The normalized spacial score (nSPS) is 11.0. The van der Waals surface area contributed by atoms with Crippen molar-refractivity contribution in [2.75, 3.05) is 0 Å². The number of aromatic nitrogens is 1. The van der Waals surface area contributed by atoms with Gasteiger partial charge in [-0.25, -0.2) is 4.98 Å². The molecule has 0 fully saturated rings. The van der Waals surface area contributed by atoms with Gasteiger partial charge < -0.3 is 0 Å². The predicted molar refractivity (Wildman–Crippen MR) is 67.9 cm³/mol. The number of thiazole rings is 1. The molecule has 1 rings (SSSR count). The molecule has 0 radical (unpaired) electrons. The molecule has 0 spiro atoms. The van der Waals surface area contributed by atoms with Crippen LogP contribution in [0.1, 0.15) is 48.1 Å². The van der Waals surface area contributed by atoms with Gasteiger partial charge >= 0.3 is 0 Å². The number of ketones is 1. The van der Waals surface area contributed by atoms with Crippen LogP contribution in [0.4, 0.5) is 0 Å². The first-order chi connectivity index (χ1) is 7.04. The van der Waals surface area contributed by atoms with Gasteiger partial charge in [0, 0.05) is 12.7 Å². The number of nitrogens with zero attached hydrogens (tertiary/aromatic N) is 1. The summed E-state index contributed by atoms with van der Waals surface area (Å²) in [7, 11) is 0. The monoisotopic (exact) mass is 243 g/mol. The molecule has 1 heterocycles. The van der Waals surface area contributed by atoms with Crippen molar-refractivity contribution < 1.29 is 4.79 Å². The second-order valence-electron chi connectivity index (χ2n) is 3.65. The number of rotatable bonds is 5. The number of hydrogen-bond acceptors (Lipinski definition) is 4. The van der Waals surface area contributed by atoms with Crippen molar-refractivity contribution >= 4 is 28.9 Å². The van der Waals surface area contributed by atoms with Gasteiger partial charge in [-0.15, -0.1) is 11.3 Å². The van der Waals surface area contributed by atoms with Gasteiger partial charge in [0.25, 0.3) is 0 Å². The molecule has 0 saturated heterocycles. The van der Waals surface area contributed by atoms with Crippen molar-refractivity contribution in [3.8, 4) is 0 Å². The van der Waals surface area contributed by atoms with E-state index in [2.05, 4.69) is 18.8 Å². The van der Waals surface area contributed by atoms with E-state index in [0.29, 0.717) is 5.25 Å². The Bertz CT molecular complexity index is 344. The molecule has 0 aliphatic heterocycles. The third kappa shape index (κ3) is 3.61. The van der Waals surface area contributed by atoms with Crippen LogP contribution in [0.5, 0.6) is 0 Å². The quantitative estimate of drug-likeness (QED) is 0.741. The summed E-state index contributed by atoms with van der Waals surface area (Å²) in [6.45, 7) is 8.00. The number of Topliss-reactive ketones (excluding diaryl/α,β-unsaturated/α-hetero) is 1. The first-order valence-electron chi connectivity index (χ1n) is 5.15. The largest absolute Gasteiger partial charge is 0.294 e. The zero-order valence-electron chi connectivity index (χ0n) is 9.66. The lowest BCUT2D eigenvalue weighted by atomic mass is 10.2. The van der Waals surface area contributed by atoms with Crippen molar-refractivity contribution in [2.45, 2.75) is 45.1 Å². The van der Waals surface area contributed by atoms with E-state index < -0.39 is 0 Å². The van der Waals surface area contributed by atoms with Crippen LogP contribution in [0.25, 0.3) is 0 Å². The van der Waals surface area contributed by atoms with E-state index in [1.807, 2.05) is 18.7 Å². The van der Waals surface area contributed by atoms with Crippen molar-refractivity contribution in [1.82, 2.24) is 4.98 Å². The molecule has 0 aliphatic carbocycles. The number of hydrogen-bond donors (Lipinski definition) is 0. The van der Waals surface area contributed by atoms with Crippen molar-refractivity contribution in [1.29, 1.82) is 0 Å². The molecular formula is C11H17NOS2. The standard InChI is InChI=1S/C11H17NOS2/c1-5-9-11(8(4)13)15-10(12-9)6-14-7(2)3/h7H,5-6H2,1-4H3. The highest BCUT2D eigenvalue weighted by Crippen LogP contribution is 2.25. The Balaban J connectivity index is 2.78. The molecule has 15 heavy (non-hydrogen) atoms. The molecule has 1 aromatic heterocycles. The van der Waals surface area contributed by atoms with E-state index in [1.54, 1.807) is 18.3 Å². The van der Waals surface area contributed by atoms with Gasteiger partial charge in [0.05, 0.1) is 10.6 Å². The molecule has 0 unspecified atom stereocenters. The Hall–Kier alpha value is -0.350. The molecule has 84 valence electrons. The summed E-state index contributed by atoms with van der Waals surface area (Å²) in [6, 6.07) is 0. The summed E-state index contributed by atoms with van der Waals surface area (Å²) >= 11 is 3.42. The first kappa shape index (κ1) is 12.7. The second-order valence-corrected chi connectivity index (χ2v) is 6.30. The average Bonchev–Trinajstić information content (AvgIpc) is 2.57. The highest BCUT2D eigenvalue weighted by Gasteiger charge is 2.13. The van der Waals surface area contributed by atoms with Gasteiger partial charge in [-0.05, 0) is 11.7 Å². The Kier molecular flexibility index (Phi) is 4.80. The van der Waals surface area contributed by atoms with Gasteiger partial charge in [0.15, 0.2) is 5.78 Å². The van der Waals surface area contributed by atoms with Gasteiger partial charge in [-0.3, -0.25) is 4.79 Å². The maximum absolute atomic E-state index is 11.3. The molecule has 2 nitrogen and oxygen atoms in total. The molecular weight excluding hydrogens is 226 g/mol. The van der Waals surface area contributed by atoms with Crippen LogP contribution in [0, 0.1) is 0 Å². The Morgan fingerprint density at radius 1 is 1.53 bits per heavy atom. The summed E-state index contributed by atoms with van der Waals surface area (Å²) in [5, 5.41) is 1.69. The fraction of sp³-hybridized carbons (Fsp3) is 0.636. The summed E-state index contributed by atoms with van der Waals surface area (Å²) in [5.74, 6) is 1.06. The summed E-state index contributed by atoms with van der Waals surface area (Å²) in [5.41, 5.74) is 0.965. The Morgan fingerprint density at radius 2 is 2.20 bits per heavy atom. The smallest absolute Gasteiger partial charge is 0.171 e. The number of aryl methyl sites for hydroxylation is 1. The van der Waals surface area contributed by atoms with Crippen molar-refractivity contribution in [3.63, 3.8) is 0 Å². The van der Waals surface area contributed by atoms with E-state index in [0.717, 1.165) is 27.8 Å². The van der Waals surface area contributed by atoms with E-state index in [9.17, 15) is 4.79 Å². The van der Waals surface area contributed by atoms with Crippen LogP contribution in [0.3, 0.4) is 0 Å². The minimum Gasteiger partial charge on any atom is -0.294 e. The molecule has 0 bridgehead atoms. The summed E-state index contributed by atoms with van der Waals surface area (Å²) in [4.78, 5) is 16.7. The van der Waals surface area contributed by atoms with Crippen LogP contribution in [-0.2, 0) is 12.2 Å². The van der Waals surface area contributed by atoms with Gasteiger partial charge in [0.1, 0.15) is 5.01 Å². The zero-order valence-corrected chi connectivity index (χ0v) is 11.3. The van der Waals surface area contributed by atoms with Gasteiger partial charge in [-0.1, -0.05) is 20.8 Å². The van der Waals surface area contributed by atoms with Crippen LogP contribution in [-0.4, -0.2) is 16.0 Å². The molecule has 4 heteroatoms. The Labute approximate surface area is 99.5 Å². The molecule has 0 amide bonds. The number of thioether (sulfide) groups is 1. The van der Waals surface area contributed by atoms with E-state index >= 15 is 0 Å². The predicted octanol–water partition coefficient (Wildman–Crippen LogP) is 3.55. The molecule has 1 aromatic rings. The van der Waals surface area contributed by atoms with Crippen LogP contribution in [0.2, 0.25) is 0 Å².